The Labute approximate surface area is 138 Å². The Morgan fingerprint density at radius 2 is 2.09 bits per heavy atom. The number of rotatable bonds is 3. The number of amides is 1. The number of pyridine rings is 1. The molecule has 3 rings (SSSR count). The normalized spacial score (nSPS) is 10.8. The van der Waals surface area contributed by atoms with E-state index in [2.05, 4.69) is 15.4 Å². The van der Waals surface area contributed by atoms with Gasteiger partial charge >= 0.3 is 0 Å². The summed E-state index contributed by atoms with van der Waals surface area (Å²) in [5, 5.41) is 8.28. The molecular formula is C16H15ClN4O2. The van der Waals surface area contributed by atoms with Crippen molar-refractivity contribution in [2.75, 3.05) is 12.4 Å². The van der Waals surface area contributed by atoms with Crippen molar-refractivity contribution in [2.45, 2.75) is 6.92 Å². The SMILES string of the molecule is COc1c(C(=O)Nc2ccccc2Cl)cnc2c1c(C)nn2C. The number of methoxy groups -OCH3 is 1. The van der Waals surface area contributed by atoms with Gasteiger partial charge in [-0.1, -0.05) is 23.7 Å². The van der Waals surface area contributed by atoms with Gasteiger partial charge in [0.15, 0.2) is 5.65 Å². The van der Waals surface area contributed by atoms with E-state index in [4.69, 9.17) is 16.3 Å². The standard InChI is InChI=1S/C16H15ClN4O2/c1-9-13-14(23-3)10(8-18-15(13)21(2)20-9)16(22)19-12-7-5-4-6-11(12)17/h4-8H,1-3H3,(H,19,22). The van der Waals surface area contributed by atoms with Crippen molar-refractivity contribution in [3.05, 3.63) is 46.7 Å². The molecular weight excluding hydrogens is 316 g/mol. The molecule has 0 unspecified atom stereocenters. The molecule has 0 spiro atoms. The van der Waals surface area contributed by atoms with E-state index >= 15 is 0 Å². The fourth-order valence-electron chi connectivity index (χ4n) is 2.50. The first-order chi connectivity index (χ1) is 11.0. The summed E-state index contributed by atoms with van der Waals surface area (Å²) in [4.78, 5) is 16.9. The van der Waals surface area contributed by atoms with Gasteiger partial charge in [-0.15, -0.1) is 0 Å². The summed E-state index contributed by atoms with van der Waals surface area (Å²) in [6.07, 6.45) is 1.48. The molecule has 2 aromatic heterocycles. The second kappa shape index (κ2) is 5.89. The lowest BCUT2D eigenvalue weighted by Crippen LogP contribution is -2.14. The first-order valence-corrected chi connectivity index (χ1v) is 7.33. The Balaban J connectivity index is 2.07. The number of aromatic nitrogens is 3. The average Bonchev–Trinajstić information content (AvgIpc) is 2.83. The number of anilines is 1. The van der Waals surface area contributed by atoms with Crippen molar-refractivity contribution in [3.63, 3.8) is 0 Å². The number of nitrogens with zero attached hydrogens (tertiary/aromatic N) is 3. The number of carbonyl (C=O) groups is 1. The third-order valence-corrected chi connectivity index (χ3v) is 3.88. The topological polar surface area (TPSA) is 69.0 Å². The first-order valence-electron chi connectivity index (χ1n) is 6.95. The van der Waals surface area contributed by atoms with Gasteiger partial charge in [-0.2, -0.15) is 5.10 Å². The van der Waals surface area contributed by atoms with Crippen LogP contribution in [0.4, 0.5) is 5.69 Å². The van der Waals surface area contributed by atoms with E-state index in [-0.39, 0.29) is 5.91 Å². The highest BCUT2D eigenvalue weighted by molar-refractivity contribution is 6.34. The molecule has 0 atom stereocenters. The van der Waals surface area contributed by atoms with Crippen molar-refractivity contribution < 1.29 is 9.53 Å². The molecule has 1 N–H and O–H groups in total. The number of fused-ring (bicyclic) bond motifs is 1. The summed E-state index contributed by atoms with van der Waals surface area (Å²) < 4.78 is 7.11. The molecule has 7 heteroatoms. The molecule has 0 saturated heterocycles. The van der Waals surface area contributed by atoms with Crippen molar-refractivity contribution in [1.82, 2.24) is 14.8 Å². The minimum Gasteiger partial charge on any atom is -0.495 e. The quantitative estimate of drug-likeness (QED) is 0.800. The van der Waals surface area contributed by atoms with Gasteiger partial charge in [0, 0.05) is 13.2 Å². The molecule has 1 amide bonds. The lowest BCUT2D eigenvalue weighted by molar-refractivity contribution is 0.102. The van der Waals surface area contributed by atoms with E-state index in [0.717, 1.165) is 11.1 Å². The number of hydrogen-bond donors (Lipinski definition) is 1. The second-order valence-corrected chi connectivity index (χ2v) is 5.45. The zero-order valence-electron chi connectivity index (χ0n) is 12.9. The molecule has 0 radical (unpaired) electrons. The smallest absolute Gasteiger partial charge is 0.261 e. The number of aryl methyl sites for hydroxylation is 2. The van der Waals surface area contributed by atoms with Crippen molar-refractivity contribution >= 4 is 34.2 Å². The zero-order chi connectivity index (χ0) is 16.6. The van der Waals surface area contributed by atoms with Crippen LogP contribution in [0.15, 0.2) is 30.5 Å². The van der Waals surface area contributed by atoms with Gasteiger partial charge < -0.3 is 10.1 Å². The number of ether oxygens (including phenoxy) is 1. The van der Waals surface area contributed by atoms with Crippen LogP contribution < -0.4 is 10.1 Å². The summed E-state index contributed by atoms with van der Waals surface area (Å²) in [6, 6.07) is 7.03. The van der Waals surface area contributed by atoms with Gasteiger partial charge in [0.25, 0.3) is 5.91 Å². The lowest BCUT2D eigenvalue weighted by Gasteiger charge is -2.11. The molecule has 6 nitrogen and oxygen atoms in total. The predicted molar refractivity (Wildman–Crippen MR) is 89.2 cm³/mol. The molecule has 23 heavy (non-hydrogen) atoms. The largest absolute Gasteiger partial charge is 0.495 e. The van der Waals surface area contributed by atoms with E-state index in [0.29, 0.717) is 27.7 Å². The van der Waals surface area contributed by atoms with Gasteiger partial charge in [-0.25, -0.2) is 4.98 Å². The van der Waals surface area contributed by atoms with Gasteiger partial charge in [0.1, 0.15) is 11.3 Å². The van der Waals surface area contributed by atoms with Gasteiger partial charge in [-0.3, -0.25) is 9.48 Å². The fourth-order valence-corrected chi connectivity index (χ4v) is 2.69. The number of halogens is 1. The number of benzene rings is 1. The van der Waals surface area contributed by atoms with Crippen LogP contribution in [0, 0.1) is 6.92 Å². The Kier molecular flexibility index (Phi) is 3.92. The van der Waals surface area contributed by atoms with Crippen LogP contribution in [0.25, 0.3) is 11.0 Å². The molecule has 2 heterocycles. The molecule has 0 aliphatic rings. The predicted octanol–water partition coefficient (Wildman–Crippen LogP) is 3.19. The highest BCUT2D eigenvalue weighted by atomic mass is 35.5. The van der Waals surface area contributed by atoms with Crippen LogP contribution in [-0.4, -0.2) is 27.8 Å². The molecule has 0 bridgehead atoms. The highest BCUT2D eigenvalue weighted by Gasteiger charge is 2.21. The number of para-hydroxylation sites is 1. The first kappa shape index (κ1) is 15.3. The lowest BCUT2D eigenvalue weighted by atomic mass is 10.1. The average molecular weight is 331 g/mol. The second-order valence-electron chi connectivity index (χ2n) is 5.05. The van der Waals surface area contributed by atoms with Gasteiger partial charge in [0.05, 0.1) is 28.9 Å². The summed E-state index contributed by atoms with van der Waals surface area (Å²) in [5.41, 5.74) is 2.27. The Morgan fingerprint density at radius 3 is 2.78 bits per heavy atom. The number of carbonyl (C=O) groups excluding carboxylic acids is 1. The van der Waals surface area contributed by atoms with E-state index in [1.807, 2.05) is 6.92 Å². The third kappa shape index (κ3) is 2.61. The van der Waals surface area contributed by atoms with Crippen LogP contribution in [-0.2, 0) is 7.05 Å². The van der Waals surface area contributed by atoms with E-state index in [1.54, 1.807) is 36.0 Å². The van der Waals surface area contributed by atoms with E-state index in [9.17, 15) is 4.79 Å². The molecule has 118 valence electrons. The molecule has 1 aromatic carbocycles. The highest BCUT2D eigenvalue weighted by Crippen LogP contribution is 2.31. The van der Waals surface area contributed by atoms with Crippen LogP contribution in [0.5, 0.6) is 5.75 Å². The third-order valence-electron chi connectivity index (χ3n) is 3.55. The Morgan fingerprint density at radius 1 is 1.35 bits per heavy atom. The maximum atomic E-state index is 12.6. The van der Waals surface area contributed by atoms with Crippen LogP contribution >= 0.6 is 11.6 Å². The monoisotopic (exact) mass is 330 g/mol. The van der Waals surface area contributed by atoms with Crippen molar-refractivity contribution in [1.29, 1.82) is 0 Å². The number of hydrogen-bond acceptors (Lipinski definition) is 4. The molecule has 3 aromatic rings. The molecule has 0 saturated carbocycles. The fraction of sp³-hybridized carbons (Fsp3) is 0.188. The summed E-state index contributed by atoms with van der Waals surface area (Å²) in [7, 11) is 3.32. The maximum absolute atomic E-state index is 12.6. The summed E-state index contributed by atoms with van der Waals surface area (Å²) >= 11 is 6.08. The molecule has 0 aliphatic heterocycles. The van der Waals surface area contributed by atoms with E-state index < -0.39 is 0 Å². The summed E-state index contributed by atoms with van der Waals surface area (Å²) in [5.74, 6) is 0.109. The minimum atomic E-state index is -0.340. The maximum Gasteiger partial charge on any atom is 0.261 e. The Hall–Kier alpha value is -2.60. The Bertz CT molecular complexity index is 904. The van der Waals surface area contributed by atoms with Crippen molar-refractivity contribution in [2.24, 2.45) is 7.05 Å². The van der Waals surface area contributed by atoms with Gasteiger partial charge in [-0.05, 0) is 19.1 Å². The molecule has 0 fully saturated rings. The minimum absolute atomic E-state index is 0.330. The van der Waals surface area contributed by atoms with Gasteiger partial charge in [0.2, 0.25) is 0 Å². The van der Waals surface area contributed by atoms with Crippen LogP contribution in [0.1, 0.15) is 16.1 Å². The zero-order valence-corrected chi connectivity index (χ0v) is 13.7. The van der Waals surface area contributed by atoms with E-state index in [1.165, 1.54) is 13.3 Å². The summed E-state index contributed by atoms with van der Waals surface area (Å²) in [6.45, 7) is 1.85. The van der Waals surface area contributed by atoms with Crippen molar-refractivity contribution in [3.8, 4) is 5.75 Å². The van der Waals surface area contributed by atoms with Crippen LogP contribution in [0.3, 0.4) is 0 Å². The number of nitrogens with one attached hydrogen (secondary N) is 1. The van der Waals surface area contributed by atoms with Crippen LogP contribution in [0.2, 0.25) is 5.02 Å². The molecule has 0 aliphatic carbocycles.